The summed E-state index contributed by atoms with van der Waals surface area (Å²) in [4.78, 5) is 23.0. The molecule has 0 aliphatic heterocycles. The summed E-state index contributed by atoms with van der Waals surface area (Å²) in [5, 5.41) is -4.26. The fourth-order valence-electron chi connectivity index (χ4n) is 1.25. The van der Waals surface area contributed by atoms with Crippen molar-refractivity contribution in [2.75, 3.05) is 13.2 Å². The molecule has 0 rings (SSSR count). The standard InChI is InChI=1S/C11H11F8NO7S/c1-3-20-7(22)9(11(17,18)19,26-4-8(12,13)28(23,24)25)27-6(21)5(2)10(14,15)16/h2-4H2,1H3,(H,20,22)(H,23,24,25)/p-1. The molecule has 0 aromatic carbocycles. The van der Waals surface area contributed by atoms with E-state index in [-0.39, 0.29) is 0 Å². The molecule has 0 saturated heterocycles. The van der Waals surface area contributed by atoms with Crippen LogP contribution in [-0.2, 0) is 29.2 Å². The van der Waals surface area contributed by atoms with Crippen molar-refractivity contribution in [1.82, 2.24) is 5.32 Å². The minimum absolute atomic E-state index is 0.686. The van der Waals surface area contributed by atoms with Crippen molar-refractivity contribution in [2.45, 2.75) is 30.3 Å². The van der Waals surface area contributed by atoms with Crippen LogP contribution in [0.15, 0.2) is 12.2 Å². The lowest BCUT2D eigenvalue weighted by atomic mass is 10.2. The van der Waals surface area contributed by atoms with Crippen LogP contribution in [0.25, 0.3) is 0 Å². The molecule has 0 aliphatic carbocycles. The molecule has 0 radical (unpaired) electrons. The second kappa shape index (κ2) is 8.16. The third-order valence-corrected chi connectivity index (χ3v) is 3.49. The summed E-state index contributed by atoms with van der Waals surface area (Å²) in [5.41, 5.74) is -2.57. The Hall–Kier alpha value is -2.01. The van der Waals surface area contributed by atoms with Crippen molar-refractivity contribution in [3.63, 3.8) is 0 Å². The average molecular weight is 452 g/mol. The van der Waals surface area contributed by atoms with Gasteiger partial charge in [-0.2, -0.15) is 35.1 Å². The van der Waals surface area contributed by atoms with Gasteiger partial charge >= 0.3 is 35.3 Å². The maximum Gasteiger partial charge on any atom is 0.466 e. The highest BCUT2D eigenvalue weighted by Gasteiger charge is 2.68. The number of ether oxygens (including phenoxy) is 2. The van der Waals surface area contributed by atoms with Gasteiger partial charge in [-0.15, -0.1) is 0 Å². The van der Waals surface area contributed by atoms with Crippen LogP contribution in [0, 0.1) is 0 Å². The molecule has 1 atom stereocenters. The number of hydrogen-bond acceptors (Lipinski definition) is 7. The van der Waals surface area contributed by atoms with Gasteiger partial charge in [-0.3, -0.25) is 4.79 Å². The molecule has 0 aromatic rings. The maximum atomic E-state index is 13.3. The van der Waals surface area contributed by atoms with Crippen LogP contribution >= 0.6 is 0 Å². The fraction of sp³-hybridized carbons (Fsp3) is 0.636. The molecule has 0 aromatic heterocycles. The first-order valence-electron chi connectivity index (χ1n) is 6.54. The first kappa shape index (κ1) is 26.0. The van der Waals surface area contributed by atoms with E-state index in [0.29, 0.717) is 0 Å². The smallest absolute Gasteiger partial charge is 0.466 e. The average Bonchev–Trinajstić information content (AvgIpc) is 2.47. The van der Waals surface area contributed by atoms with Crippen LogP contribution in [0.1, 0.15) is 6.92 Å². The van der Waals surface area contributed by atoms with E-state index in [1.54, 1.807) is 0 Å². The molecule has 0 saturated carbocycles. The molecule has 1 N–H and O–H groups in total. The number of carbonyl (C=O) groups is 2. The molecule has 0 aliphatic rings. The third-order valence-electron chi connectivity index (χ3n) is 2.64. The van der Waals surface area contributed by atoms with Crippen molar-refractivity contribution in [2.24, 2.45) is 0 Å². The van der Waals surface area contributed by atoms with Gasteiger partial charge in [0.2, 0.25) is 0 Å². The summed E-state index contributed by atoms with van der Waals surface area (Å²) < 4.78 is 141. The highest BCUT2D eigenvalue weighted by atomic mass is 32.2. The van der Waals surface area contributed by atoms with Crippen LogP contribution in [-0.4, -0.2) is 61.4 Å². The normalized spacial score (nSPS) is 15.5. The SMILES string of the molecule is C=C(C(=O)OC(OCC(F)(F)S(=O)(=O)[O-])(C(=O)NCC)C(F)(F)F)C(F)(F)F. The summed E-state index contributed by atoms with van der Waals surface area (Å²) in [5.74, 6) is -10.7. The number of halogens is 8. The summed E-state index contributed by atoms with van der Waals surface area (Å²) in [6, 6.07) is 0. The summed E-state index contributed by atoms with van der Waals surface area (Å²) in [6.45, 7) is -0.596. The van der Waals surface area contributed by atoms with Crippen LogP contribution < -0.4 is 5.32 Å². The van der Waals surface area contributed by atoms with E-state index in [1.165, 1.54) is 5.32 Å². The minimum atomic E-state index is -6.62. The summed E-state index contributed by atoms with van der Waals surface area (Å²) in [6.07, 6.45) is -11.9. The van der Waals surface area contributed by atoms with E-state index < -0.39 is 64.1 Å². The van der Waals surface area contributed by atoms with Gasteiger partial charge in [0.05, 0.1) is 0 Å². The van der Waals surface area contributed by atoms with E-state index in [0.717, 1.165) is 6.92 Å². The molecule has 1 unspecified atom stereocenters. The lowest BCUT2D eigenvalue weighted by Crippen LogP contribution is -2.62. The molecule has 0 fully saturated rings. The van der Waals surface area contributed by atoms with Gasteiger partial charge in [0.15, 0.2) is 10.1 Å². The topological polar surface area (TPSA) is 122 Å². The Bertz CT molecular complexity index is 730. The van der Waals surface area contributed by atoms with Crippen LogP contribution in [0.5, 0.6) is 0 Å². The number of carbonyl (C=O) groups excluding carboxylic acids is 2. The molecule has 0 bridgehead atoms. The van der Waals surface area contributed by atoms with Crippen molar-refractivity contribution in [3.8, 4) is 0 Å². The van der Waals surface area contributed by atoms with Gasteiger partial charge in [-0.05, 0) is 6.92 Å². The predicted octanol–water partition coefficient (Wildman–Crippen LogP) is 1.20. The Labute approximate surface area is 151 Å². The van der Waals surface area contributed by atoms with E-state index in [1.807, 2.05) is 0 Å². The van der Waals surface area contributed by atoms with E-state index >= 15 is 0 Å². The summed E-state index contributed by atoms with van der Waals surface area (Å²) >= 11 is 0. The number of rotatable bonds is 8. The number of nitrogens with one attached hydrogen (secondary N) is 1. The molecule has 164 valence electrons. The lowest BCUT2D eigenvalue weighted by molar-refractivity contribution is -0.353. The van der Waals surface area contributed by atoms with Gasteiger partial charge in [0, 0.05) is 6.54 Å². The Morgan fingerprint density at radius 1 is 1.07 bits per heavy atom. The molecule has 0 heterocycles. The molecule has 28 heavy (non-hydrogen) atoms. The zero-order valence-electron chi connectivity index (χ0n) is 13.4. The quantitative estimate of drug-likeness (QED) is 0.193. The highest BCUT2D eigenvalue weighted by Crippen LogP contribution is 2.39. The Morgan fingerprint density at radius 3 is 1.86 bits per heavy atom. The Balaban J connectivity index is 6.24. The first-order valence-corrected chi connectivity index (χ1v) is 7.95. The van der Waals surface area contributed by atoms with E-state index in [2.05, 4.69) is 16.1 Å². The van der Waals surface area contributed by atoms with E-state index in [9.17, 15) is 57.7 Å². The largest absolute Gasteiger partial charge is 0.743 e. The Morgan fingerprint density at radius 2 is 1.54 bits per heavy atom. The maximum absolute atomic E-state index is 13.3. The minimum Gasteiger partial charge on any atom is -0.743 e. The van der Waals surface area contributed by atoms with Gasteiger partial charge in [0.25, 0.3) is 0 Å². The second-order valence-corrected chi connectivity index (χ2v) is 6.23. The highest BCUT2D eigenvalue weighted by molar-refractivity contribution is 7.86. The zero-order valence-corrected chi connectivity index (χ0v) is 14.2. The first-order chi connectivity index (χ1) is 12.2. The molecule has 1 amide bonds. The van der Waals surface area contributed by atoms with Crippen LogP contribution in [0.2, 0.25) is 0 Å². The molecular weight excluding hydrogens is 442 g/mol. The van der Waals surface area contributed by atoms with Crippen molar-refractivity contribution < 1.29 is 67.2 Å². The fourth-order valence-corrected chi connectivity index (χ4v) is 1.46. The van der Waals surface area contributed by atoms with E-state index in [4.69, 9.17) is 0 Å². The van der Waals surface area contributed by atoms with Crippen molar-refractivity contribution >= 4 is 22.0 Å². The van der Waals surface area contributed by atoms with Gasteiger partial charge < -0.3 is 19.3 Å². The molecule has 0 spiro atoms. The number of alkyl halides is 8. The lowest BCUT2D eigenvalue weighted by Gasteiger charge is -2.34. The van der Waals surface area contributed by atoms with Gasteiger partial charge in [-0.1, -0.05) is 6.58 Å². The molecular formula is C11H10F8NO7S-. The Kier molecular flexibility index (Phi) is 7.57. The van der Waals surface area contributed by atoms with Gasteiger partial charge in [-0.25, -0.2) is 13.2 Å². The molecule has 8 nitrogen and oxygen atoms in total. The molecule has 17 heteroatoms. The van der Waals surface area contributed by atoms with Gasteiger partial charge in [0.1, 0.15) is 12.2 Å². The van der Waals surface area contributed by atoms with Crippen molar-refractivity contribution in [1.29, 1.82) is 0 Å². The number of hydrogen-bond donors (Lipinski definition) is 1. The monoisotopic (exact) mass is 452 g/mol. The number of amides is 1. The second-order valence-electron chi connectivity index (χ2n) is 4.72. The predicted molar refractivity (Wildman–Crippen MR) is 69.4 cm³/mol. The zero-order chi connectivity index (χ0) is 22.8. The summed E-state index contributed by atoms with van der Waals surface area (Å²) in [7, 11) is -6.62. The van der Waals surface area contributed by atoms with Crippen LogP contribution in [0.3, 0.4) is 0 Å². The number of esters is 1. The third kappa shape index (κ3) is 5.74. The van der Waals surface area contributed by atoms with Crippen molar-refractivity contribution in [3.05, 3.63) is 12.2 Å². The number of likely N-dealkylation sites (N-methyl/N-ethyl adjacent to an activating group) is 1. The van der Waals surface area contributed by atoms with Crippen LogP contribution in [0.4, 0.5) is 35.1 Å².